The quantitative estimate of drug-likeness (QED) is 0.256. The third-order valence-corrected chi connectivity index (χ3v) is 2.17. The highest BCUT2D eigenvalue weighted by molar-refractivity contribution is 5.91. The van der Waals surface area contributed by atoms with Gasteiger partial charge in [0.2, 0.25) is 11.8 Å². The summed E-state index contributed by atoms with van der Waals surface area (Å²) in [5, 5.41) is 29.5. The molecule has 0 saturated carbocycles. The van der Waals surface area contributed by atoms with Crippen molar-refractivity contribution in [2.45, 2.75) is 24.9 Å². The van der Waals surface area contributed by atoms with Crippen molar-refractivity contribution in [2.24, 2.45) is 5.73 Å². The smallest absolute Gasteiger partial charge is 0.326 e. The minimum Gasteiger partial charge on any atom is -0.481 e. The molecule has 7 N–H and O–H groups in total. The van der Waals surface area contributed by atoms with Crippen LogP contribution in [0.25, 0.3) is 0 Å². The van der Waals surface area contributed by atoms with E-state index in [1.807, 2.05) is 10.6 Å². The van der Waals surface area contributed by atoms with E-state index < -0.39 is 61.2 Å². The normalized spacial score (nSPS) is 12.8. The Morgan fingerprint density at radius 2 is 1.48 bits per heavy atom. The highest BCUT2D eigenvalue weighted by atomic mass is 16.4. The monoisotopic (exact) mass is 305 g/mol. The van der Waals surface area contributed by atoms with Crippen molar-refractivity contribution in [3.05, 3.63) is 0 Å². The lowest BCUT2D eigenvalue weighted by molar-refractivity contribution is -0.147. The van der Waals surface area contributed by atoms with Crippen LogP contribution in [-0.2, 0) is 24.0 Å². The van der Waals surface area contributed by atoms with Crippen LogP contribution < -0.4 is 16.4 Å². The standard InChI is InChI=1S/C10H15N3O8/c11-4(1-7(15)16)9(19)12-3-6(14)13-5(10(20)21)2-8(17)18/h4-5H,1-3,11H2,(H,12,19)(H,13,14)(H,15,16)(H,17,18)(H,20,21)/t4-,5-/m0/s1. The van der Waals surface area contributed by atoms with E-state index in [1.165, 1.54) is 0 Å². The van der Waals surface area contributed by atoms with Gasteiger partial charge in [0.05, 0.1) is 25.4 Å². The summed E-state index contributed by atoms with van der Waals surface area (Å²) in [7, 11) is 0. The number of hydrogen-bond acceptors (Lipinski definition) is 6. The molecule has 0 aromatic rings. The van der Waals surface area contributed by atoms with Gasteiger partial charge in [0.25, 0.3) is 0 Å². The third kappa shape index (κ3) is 8.15. The van der Waals surface area contributed by atoms with E-state index in [-0.39, 0.29) is 0 Å². The number of carboxylic acid groups (broad SMARTS) is 3. The summed E-state index contributed by atoms with van der Waals surface area (Å²) in [5.41, 5.74) is 5.22. The molecule has 2 atom stereocenters. The van der Waals surface area contributed by atoms with Gasteiger partial charge in [-0.05, 0) is 0 Å². The molecule has 118 valence electrons. The van der Waals surface area contributed by atoms with Gasteiger partial charge in [-0.15, -0.1) is 0 Å². The maximum Gasteiger partial charge on any atom is 0.326 e. The number of amides is 2. The van der Waals surface area contributed by atoms with Gasteiger partial charge >= 0.3 is 17.9 Å². The fraction of sp³-hybridized carbons (Fsp3) is 0.500. The number of aliphatic carboxylic acids is 3. The molecule has 0 unspecified atom stereocenters. The topological polar surface area (TPSA) is 196 Å². The zero-order chi connectivity index (χ0) is 16.6. The second-order valence-electron chi connectivity index (χ2n) is 3.98. The Labute approximate surface area is 118 Å². The van der Waals surface area contributed by atoms with E-state index in [2.05, 4.69) is 0 Å². The second kappa shape index (κ2) is 8.47. The molecule has 0 radical (unpaired) electrons. The zero-order valence-electron chi connectivity index (χ0n) is 10.7. The molecule has 21 heavy (non-hydrogen) atoms. The van der Waals surface area contributed by atoms with Crippen LogP contribution in [0.3, 0.4) is 0 Å². The number of carbonyl (C=O) groups is 5. The lowest BCUT2D eigenvalue weighted by Crippen LogP contribution is -2.49. The molecular weight excluding hydrogens is 290 g/mol. The summed E-state index contributed by atoms with van der Waals surface area (Å²) in [5.74, 6) is -6.11. The Kier molecular flexibility index (Phi) is 7.39. The van der Waals surface area contributed by atoms with Crippen LogP contribution in [-0.4, -0.2) is 63.7 Å². The molecule has 0 aliphatic carbocycles. The molecular formula is C10H15N3O8. The van der Waals surface area contributed by atoms with E-state index in [0.717, 1.165) is 0 Å². The van der Waals surface area contributed by atoms with E-state index >= 15 is 0 Å². The molecule has 0 saturated heterocycles. The summed E-state index contributed by atoms with van der Waals surface area (Å²) in [4.78, 5) is 54.0. The van der Waals surface area contributed by atoms with Crippen LogP contribution in [0.2, 0.25) is 0 Å². The van der Waals surface area contributed by atoms with Crippen LogP contribution >= 0.6 is 0 Å². The summed E-state index contributed by atoms with van der Waals surface area (Å²) in [6.45, 7) is -0.657. The van der Waals surface area contributed by atoms with Crippen molar-refractivity contribution in [2.75, 3.05) is 6.54 Å². The van der Waals surface area contributed by atoms with Crippen molar-refractivity contribution < 1.29 is 39.3 Å². The fourth-order valence-corrected chi connectivity index (χ4v) is 1.20. The summed E-state index contributed by atoms with van der Waals surface area (Å²) >= 11 is 0. The average Bonchev–Trinajstić information content (AvgIpc) is 2.33. The zero-order valence-corrected chi connectivity index (χ0v) is 10.7. The van der Waals surface area contributed by atoms with Gasteiger partial charge in [-0.1, -0.05) is 0 Å². The number of carboxylic acids is 3. The van der Waals surface area contributed by atoms with Crippen molar-refractivity contribution in [3.63, 3.8) is 0 Å². The van der Waals surface area contributed by atoms with Crippen molar-refractivity contribution in [1.29, 1.82) is 0 Å². The molecule has 11 nitrogen and oxygen atoms in total. The van der Waals surface area contributed by atoms with E-state index in [1.54, 1.807) is 0 Å². The van der Waals surface area contributed by atoms with Crippen LogP contribution in [0.5, 0.6) is 0 Å². The largest absolute Gasteiger partial charge is 0.481 e. The molecule has 0 aliphatic heterocycles. The Balaban J connectivity index is 4.30. The Morgan fingerprint density at radius 3 is 1.90 bits per heavy atom. The molecule has 0 aliphatic rings. The first-order valence-corrected chi connectivity index (χ1v) is 5.62. The Bertz CT molecular complexity index is 450. The van der Waals surface area contributed by atoms with Crippen LogP contribution in [0, 0.1) is 0 Å². The Morgan fingerprint density at radius 1 is 0.952 bits per heavy atom. The first kappa shape index (κ1) is 18.3. The van der Waals surface area contributed by atoms with Crippen LogP contribution in [0.4, 0.5) is 0 Å². The molecule has 0 aromatic carbocycles. The number of nitrogens with two attached hydrogens (primary N) is 1. The minimum absolute atomic E-state index is 0.635. The van der Waals surface area contributed by atoms with Gasteiger partial charge in [0.1, 0.15) is 6.04 Å². The fourth-order valence-electron chi connectivity index (χ4n) is 1.20. The number of nitrogens with one attached hydrogen (secondary N) is 2. The third-order valence-electron chi connectivity index (χ3n) is 2.17. The van der Waals surface area contributed by atoms with E-state index in [4.69, 9.17) is 21.1 Å². The first-order valence-electron chi connectivity index (χ1n) is 5.62. The SMILES string of the molecule is N[C@@H](CC(=O)O)C(=O)NCC(=O)N[C@@H](CC(=O)O)C(=O)O. The van der Waals surface area contributed by atoms with Crippen molar-refractivity contribution in [3.8, 4) is 0 Å². The molecule has 2 amide bonds. The van der Waals surface area contributed by atoms with Crippen molar-refractivity contribution in [1.82, 2.24) is 10.6 Å². The highest BCUT2D eigenvalue weighted by Crippen LogP contribution is 1.93. The predicted molar refractivity (Wildman–Crippen MR) is 65.1 cm³/mol. The maximum atomic E-state index is 11.3. The van der Waals surface area contributed by atoms with Gasteiger partial charge in [-0.2, -0.15) is 0 Å². The number of rotatable bonds is 9. The molecule has 11 heteroatoms. The predicted octanol–water partition coefficient (Wildman–Crippen LogP) is -3.05. The lowest BCUT2D eigenvalue weighted by atomic mass is 10.2. The molecule has 0 rings (SSSR count). The van der Waals surface area contributed by atoms with E-state index in [0.29, 0.717) is 0 Å². The van der Waals surface area contributed by atoms with E-state index in [9.17, 15) is 24.0 Å². The average molecular weight is 305 g/mol. The molecule has 0 heterocycles. The molecule has 0 spiro atoms. The number of carbonyl (C=O) groups excluding carboxylic acids is 2. The van der Waals surface area contributed by atoms with Gasteiger partial charge in [-0.25, -0.2) is 4.79 Å². The minimum atomic E-state index is -1.64. The van der Waals surface area contributed by atoms with Crippen LogP contribution in [0.15, 0.2) is 0 Å². The van der Waals surface area contributed by atoms with Gasteiger partial charge in [0, 0.05) is 0 Å². The maximum absolute atomic E-state index is 11.3. The van der Waals surface area contributed by atoms with Gasteiger partial charge in [-0.3, -0.25) is 19.2 Å². The van der Waals surface area contributed by atoms with Gasteiger partial charge in [0.15, 0.2) is 0 Å². The molecule has 0 aromatic heterocycles. The first-order chi connectivity index (χ1) is 9.63. The summed E-state index contributed by atoms with van der Waals surface area (Å²) in [6, 6.07) is -3.00. The summed E-state index contributed by atoms with van der Waals surface area (Å²) in [6.07, 6.45) is -1.46. The Hall–Kier alpha value is -2.69. The summed E-state index contributed by atoms with van der Waals surface area (Å²) < 4.78 is 0. The lowest BCUT2D eigenvalue weighted by Gasteiger charge is -2.14. The van der Waals surface area contributed by atoms with Gasteiger partial charge < -0.3 is 31.7 Å². The molecule has 0 fully saturated rings. The molecule has 0 bridgehead atoms. The second-order valence-corrected chi connectivity index (χ2v) is 3.98. The van der Waals surface area contributed by atoms with Crippen LogP contribution in [0.1, 0.15) is 12.8 Å². The van der Waals surface area contributed by atoms with Crippen molar-refractivity contribution >= 4 is 29.7 Å². The number of hydrogen-bond donors (Lipinski definition) is 6. The highest BCUT2D eigenvalue weighted by Gasteiger charge is 2.23.